The summed E-state index contributed by atoms with van der Waals surface area (Å²) in [6.45, 7) is 5.12. The molecule has 3 aromatic carbocycles. The Labute approximate surface area is 239 Å². The van der Waals surface area contributed by atoms with Gasteiger partial charge in [-0.05, 0) is 67.7 Å². The van der Waals surface area contributed by atoms with E-state index in [4.69, 9.17) is 14.2 Å². The molecule has 0 saturated heterocycles. The molecule has 2 aliphatic heterocycles. The maximum atomic E-state index is 14.1. The maximum Gasteiger partial charge on any atom is 0.379 e. The first-order chi connectivity index (χ1) is 19.9. The Morgan fingerprint density at radius 3 is 2.20 bits per heavy atom. The average molecular weight is 548 g/mol. The molecule has 2 aliphatic rings. The number of benzene rings is 3. The van der Waals surface area contributed by atoms with Crippen LogP contribution in [-0.2, 0) is 28.6 Å². The number of carbonyl (C=O) groups is 3. The van der Waals surface area contributed by atoms with Crippen LogP contribution in [0.25, 0.3) is 11.8 Å². The minimum atomic E-state index is -2.25. The van der Waals surface area contributed by atoms with Crippen LogP contribution in [0.2, 0.25) is 0 Å². The Morgan fingerprint density at radius 2 is 1.51 bits per heavy atom. The highest BCUT2D eigenvalue weighted by molar-refractivity contribution is 6.44. The van der Waals surface area contributed by atoms with Crippen molar-refractivity contribution >= 4 is 35.2 Å². The fourth-order valence-corrected chi connectivity index (χ4v) is 5.03. The molecule has 206 valence electrons. The lowest BCUT2D eigenvalue weighted by atomic mass is 9.82. The van der Waals surface area contributed by atoms with Gasteiger partial charge >= 0.3 is 11.9 Å². The van der Waals surface area contributed by atoms with Gasteiger partial charge in [0, 0.05) is 5.56 Å². The van der Waals surface area contributed by atoms with Gasteiger partial charge in [-0.15, -0.1) is 0 Å². The third-order valence-corrected chi connectivity index (χ3v) is 6.78. The molecule has 0 saturated carbocycles. The van der Waals surface area contributed by atoms with Crippen LogP contribution in [0.4, 0.5) is 5.69 Å². The largest absolute Gasteiger partial charge is 0.463 e. The van der Waals surface area contributed by atoms with E-state index >= 15 is 0 Å². The Bertz CT molecular complexity index is 1610. The number of ether oxygens (including phenoxy) is 3. The van der Waals surface area contributed by atoms with Crippen LogP contribution in [0.5, 0.6) is 0 Å². The van der Waals surface area contributed by atoms with Crippen molar-refractivity contribution in [1.82, 2.24) is 0 Å². The van der Waals surface area contributed by atoms with Gasteiger partial charge in [0.2, 0.25) is 0 Å². The summed E-state index contributed by atoms with van der Waals surface area (Å²) >= 11 is 0. The fraction of sp³-hybridized carbons (Fsp3) is 0.206. The van der Waals surface area contributed by atoms with E-state index < -0.39 is 29.6 Å². The number of esters is 2. The number of nitrogens with zero attached hydrogens (tertiary/aromatic N) is 1. The summed E-state index contributed by atoms with van der Waals surface area (Å²) < 4.78 is 17.3. The van der Waals surface area contributed by atoms with Crippen molar-refractivity contribution in [3.63, 3.8) is 0 Å². The Balaban J connectivity index is 1.92. The topological polar surface area (TPSA) is 82.1 Å². The van der Waals surface area contributed by atoms with E-state index in [0.717, 1.165) is 16.8 Å². The molecule has 0 aliphatic carbocycles. The molecule has 2 atom stereocenters. The van der Waals surface area contributed by atoms with Crippen molar-refractivity contribution in [3.8, 4) is 11.8 Å². The lowest BCUT2D eigenvalue weighted by Gasteiger charge is -2.48. The zero-order valence-electron chi connectivity index (χ0n) is 23.0. The van der Waals surface area contributed by atoms with E-state index in [2.05, 4.69) is 11.8 Å². The molecule has 0 radical (unpaired) electrons. The highest BCUT2D eigenvalue weighted by atomic mass is 16.6. The highest BCUT2D eigenvalue weighted by Gasteiger charge is 2.57. The minimum Gasteiger partial charge on any atom is -0.463 e. The number of hydrogen-bond acceptors (Lipinski definition) is 7. The Kier molecular flexibility index (Phi) is 7.86. The zero-order valence-corrected chi connectivity index (χ0v) is 23.0. The maximum absolute atomic E-state index is 14.1. The van der Waals surface area contributed by atoms with Gasteiger partial charge < -0.3 is 19.1 Å². The molecule has 0 amide bonds. The van der Waals surface area contributed by atoms with Gasteiger partial charge in [-0.3, -0.25) is 4.79 Å². The van der Waals surface area contributed by atoms with Gasteiger partial charge in [0.05, 0.1) is 30.2 Å². The molecule has 5 rings (SSSR count). The predicted octanol–water partition coefficient (Wildman–Crippen LogP) is 5.16. The Morgan fingerprint density at radius 1 is 0.878 bits per heavy atom. The monoisotopic (exact) mass is 547 g/mol. The van der Waals surface area contributed by atoms with Crippen molar-refractivity contribution in [1.29, 1.82) is 0 Å². The molecule has 41 heavy (non-hydrogen) atoms. The van der Waals surface area contributed by atoms with Gasteiger partial charge in [0.15, 0.2) is 6.23 Å². The summed E-state index contributed by atoms with van der Waals surface area (Å²) in [6, 6.07) is 25.8. The fourth-order valence-electron chi connectivity index (χ4n) is 5.03. The summed E-state index contributed by atoms with van der Waals surface area (Å²) in [6.07, 6.45) is 1.13. The van der Waals surface area contributed by atoms with E-state index in [-0.39, 0.29) is 18.8 Å². The van der Waals surface area contributed by atoms with Crippen LogP contribution in [0.1, 0.15) is 37.5 Å². The molecule has 0 aromatic heterocycles. The number of fused-ring (bicyclic) bond motifs is 3. The molecular weight excluding hydrogens is 518 g/mol. The molecule has 2 unspecified atom stereocenters. The number of carbonyl (C=O) groups excluding carboxylic acids is 3. The first-order valence-electron chi connectivity index (χ1n) is 13.4. The van der Waals surface area contributed by atoms with Crippen molar-refractivity contribution in [2.45, 2.75) is 32.6 Å². The smallest absolute Gasteiger partial charge is 0.379 e. The molecular formula is C34H29NO6. The molecule has 7 heteroatoms. The van der Waals surface area contributed by atoms with Crippen molar-refractivity contribution in [2.24, 2.45) is 0 Å². The molecule has 0 N–H and O–H groups in total. The predicted molar refractivity (Wildman–Crippen MR) is 155 cm³/mol. The minimum absolute atomic E-state index is 0.00451. The standard InChI is InChI=1S/C34H29NO6/c1-4-39-32(37)30(36)28-29(25-16-10-7-11-17-25)35-27-19-13-12-18-26(27)22-23(3)31(35)41-34(28,33(38)40-5-2)21-20-24-14-8-6-9-15-24/h6-19,22,31H,4-5H2,1-3H3. The highest BCUT2D eigenvalue weighted by Crippen LogP contribution is 2.48. The van der Waals surface area contributed by atoms with Crippen LogP contribution >= 0.6 is 0 Å². The van der Waals surface area contributed by atoms with Crippen LogP contribution in [-0.4, -0.2) is 42.8 Å². The lowest BCUT2D eigenvalue weighted by Crippen LogP contribution is -2.58. The number of ketones is 1. The van der Waals surface area contributed by atoms with E-state index in [9.17, 15) is 14.4 Å². The summed E-state index contributed by atoms with van der Waals surface area (Å²) in [5, 5.41) is 0. The van der Waals surface area contributed by atoms with Crippen molar-refractivity contribution in [3.05, 3.63) is 113 Å². The molecule has 2 heterocycles. The van der Waals surface area contributed by atoms with Crippen LogP contribution < -0.4 is 4.90 Å². The van der Waals surface area contributed by atoms with E-state index in [1.165, 1.54) is 0 Å². The van der Waals surface area contributed by atoms with Crippen molar-refractivity contribution < 1.29 is 28.6 Å². The van der Waals surface area contributed by atoms with E-state index in [0.29, 0.717) is 16.8 Å². The summed E-state index contributed by atoms with van der Waals surface area (Å²) in [5.41, 5.74) is 1.39. The van der Waals surface area contributed by atoms with Gasteiger partial charge in [0.25, 0.3) is 11.4 Å². The van der Waals surface area contributed by atoms with Crippen LogP contribution in [0.3, 0.4) is 0 Å². The zero-order chi connectivity index (χ0) is 29.0. The first kappa shape index (κ1) is 27.6. The van der Waals surface area contributed by atoms with E-state index in [1.807, 2.05) is 90.7 Å². The summed E-state index contributed by atoms with van der Waals surface area (Å²) in [7, 11) is 0. The second kappa shape index (κ2) is 11.7. The van der Waals surface area contributed by atoms with E-state index in [1.54, 1.807) is 26.0 Å². The second-order valence-electron chi connectivity index (χ2n) is 9.44. The number of anilines is 1. The molecule has 0 bridgehead atoms. The van der Waals surface area contributed by atoms with Gasteiger partial charge in [-0.25, -0.2) is 9.59 Å². The second-order valence-corrected chi connectivity index (χ2v) is 9.44. The molecule has 3 aromatic rings. The third-order valence-electron chi connectivity index (χ3n) is 6.78. The number of hydrogen-bond donors (Lipinski definition) is 0. The number of Topliss-reactive ketones (excluding diaryl/α,β-unsaturated/α-hetero) is 1. The third kappa shape index (κ3) is 5.06. The van der Waals surface area contributed by atoms with Gasteiger partial charge in [0.1, 0.15) is 0 Å². The SMILES string of the molecule is CCOC(=O)C(=O)C1=C(c2ccccc2)N2c3ccccc3C=C(C)C2OC1(C#Cc1ccccc1)C(=O)OCC. The lowest BCUT2D eigenvalue weighted by molar-refractivity contribution is -0.167. The van der Waals surface area contributed by atoms with Crippen LogP contribution in [0.15, 0.2) is 96.1 Å². The summed E-state index contributed by atoms with van der Waals surface area (Å²) in [5.74, 6) is 2.90. The molecule has 0 spiro atoms. The molecule has 0 fully saturated rings. The average Bonchev–Trinajstić information content (AvgIpc) is 3.00. The Hall–Kier alpha value is -4.93. The number of para-hydroxylation sites is 1. The van der Waals surface area contributed by atoms with Crippen molar-refractivity contribution in [2.75, 3.05) is 18.1 Å². The quantitative estimate of drug-likeness (QED) is 0.239. The van der Waals surface area contributed by atoms with Crippen LogP contribution in [0, 0.1) is 11.8 Å². The summed E-state index contributed by atoms with van der Waals surface area (Å²) in [4.78, 5) is 43.1. The number of rotatable bonds is 6. The van der Waals surface area contributed by atoms with Gasteiger partial charge in [-0.1, -0.05) is 72.7 Å². The first-order valence-corrected chi connectivity index (χ1v) is 13.4. The van der Waals surface area contributed by atoms with Gasteiger partial charge in [-0.2, -0.15) is 0 Å². The molecule has 7 nitrogen and oxygen atoms in total. The normalized spacial score (nSPS) is 19.1.